The largest absolute Gasteiger partial charge is 0.405 e. The number of carbonyl (C=O) groups excluding carboxylic acids is 1. The van der Waals surface area contributed by atoms with Crippen LogP contribution in [-0.2, 0) is 9.22 Å². The van der Waals surface area contributed by atoms with Gasteiger partial charge in [0.05, 0.1) is 0 Å². The highest BCUT2D eigenvalue weighted by Gasteiger charge is 2.50. The van der Waals surface area contributed by atoms with Crippen LogP contribution < -0.4 is 10.4 Å². The Morgan fingerprint density at radius 1 is 0.923 bits per heavy atom. The van der Waals surface area contributed by atoms with Gasteiger partial charge < -0.3 is 9.22 Å². The van der Waals surface area contributed by atoms with Crippen molar-refractivity contribution in [3.63, 3.8) is 0 Å². The first-order valence-electron chi connectivity index (χ1n) is 9.53. The molecule has 2 atom stereocenters. The molecule has 2 nitrogen and oxygen atoms in total. The number of aldehydes is 1. The Morgan fingerprint density at radius 3 is 1.77 bits per heavy atom. The van der Waals surface area contributed by atoms with E-state index in [1.54, 1.807) is 0 Å². The minimum atomic E-state index is -2.49. The van der Waals surface area contributed by atoms with Crippen LogP contribution in [0.2, 0.25) is 5.04 Å². The van der Waals surface area contributed by atoms with Gasteiger partial charge in [-0.05, 0) is 34.7 Å². The molecule has 3 heteroatoms. The molecule has 2 aromatic carbocycles. The molecule has 0 aliphatic rings. The molecule has 2 aromatic rings. The molecule has 140 valence electrons. The summed E-state index contributed by atoms with van der Waals surface area (Å²) in [4.78, 5) is 10.9. The molecule has 26 heavy (non-hydrogen) atoms. The molecule has 0 saturated carbocycles. The third kappa shape index (κ3) is 4.52. The second kappa shape index (κ2) is 8.78. The zero-order chi connectivity index (χ0) is 19.2. The monoisotopic (exact) mass is 368 g/mol. The molecular formula is C23H32O2Si. The number of rotatable bonds is 8. The summed E-state index contributed by atoms with van der Waals surface area (Å²) in [6.07, 6.45) is 2.59. The smallest absolute Gasteiger partial charge is 0.261 e. The molecule has 0 N–H and O–H groups in total. The highest BCUT2D eigenvalue weighted by atomic mass is 28.4. The minimum Gasteiger partial charge on any atom is -0.405 e. The van der Waals surface area contributed by atoms with Crippen LogP contribution in [0, 0.1) is 5.92 Å². The Morgan fingerprint density at radius 2 is 1.38 bits per heavy atom. The van der Waals surface area contributed by atoms with Gasteiger partial charge in [-0.15, -0.1) is 0 Å². The Bertz CT molecular complexity index is 637. The Hall–Kier alpha value is -1.71. The summed E-state index contributed by atoms with van der Waals surface area (Å²) < 4.78 is 7.01. The van der Waals surface area contributed by atoms with Crippen molar-refractivity contribution < 1.29 is 9.22 Å². The van der Waals surface area contributed by atoms with E-state index in [1.807, 2.05) is 0 Å². The molecule has 0 aliphatic heterocycles. The molecule has 0 aromatic heterocycles. The van der Waals surface area contributed by atoms with Gasteiger partial charge in [0.25, 0.3) is 8.32 Å². The molecule has 0 heterocycles. The molecule has 0 radical (unpaired) electrons. The number of hydrogen-bond acceptors (Lipinski definition) is 2. The SMILES string of the molecule is C[C@H](CC=O)C[C@@H](C)O[Si](c1ccccc1)(c1ccccc1)C(C)(C)C. The van der Waals surface area contributed by atoms with E-state index in [9.17, 15) is 4.79 Å². The van der Waals surface area contributed by atoms with Gasteiger partial charge in [-0.2, -0.15) is 0 Å². The zero-order valence-electron chi connectivity index (χ0n) is 16.7. The lowest BCUT2D eigenvalue weighted by Crippen LogP contribution is -2.67. The lowest BCUT2D eigenvalue weighted by molar-refractivity contribution is -0.108. The predicted octanol–water partition coefficient (Wildman–Crippen LogP) is 4.57. The topological polar surface area (TPSA) is 26.3 Å². The summed E-state index contributed by atoms with van der Waals surface area (Å²) in [5.74, 6) is 0.334. The quantitative estimate of drug-likeness (QED) is 0.504. The third-order valence-electron chi connectivity index (χ3n) is 5.03. The maximum absolute atomic E-state index is 10.9. The van der Waals surface area contributed by atoms with Gasteiger partial charge in [-0.3, -0.25) is 0 Å². The molecule has 0 amide bonds. The summed E-state index contributed by atoms with van der Waals surface area (Å²) in [5, 5.41) is 2.58. The van der Waals surface area contributed by atoms with Crippen LogP contribution >= 0.6 is 0 Å². The van der Waals surface area contributed by atoms with Crippen molar-refractivity contribution >= 4 is 25.0 Å². The first kappa shape index (κ1) is 20.6. The zero-order valence-corrected chi connectivity index (χ0v) is 17.7. The van der Waals surface area contributed by atoms with Gasteiger partial charge in [0, 0.05) is 12.5 Å². The van der Waals surface area contributed by atoms with Crippen LogP contribution in [0.5, 0.6) is 0 Å². The van der Waals surface area contributed by atoms with E-state index in [1.165, 1.54) is 10.4 Å². The van der Waals surface area contributed by atoms with Crippen molar-refractivity contribution in [3.8, 4) is 0 Å². The third-order valence-corrected chi connectivity index (χ3v) is 10.2. The molecule has 0 fully saturated rings. The average molecular weight is 369 g/mol. The molecular weight excluding hydrogens is 336 g/mol. The second-order valence-electron chi connectivity index (χ2n) is 8.33. The summed E-state index contributed by atoms with van der Waals surface area (Å²) in [6.45, 7) is 11.2. The molecule has 0 saturated heterocycles. The second-order valence-corrected chi connectivity index (χ2v) is 12.6. The first-order valence-corrected chi connectivity index (χ1v) is 11.4. The Balaban J connectivity index is 2.52. The van der Waals surface area contributed by atoms with E-state index in [4.69, 9.17) is 4.43 Å². The standard InChI is InChI=1S/C23H32O2Si/c1-19(16-17-24)18-20(2)25-26(23(3,4)5,21-12-8-6-9-13-21)22-14-10-7-11-15-22/h6-15,17,19-20H,16,18H2,1-5H3/t19-,20-/m1/s1. The van der Waals surface area contributed by atoms with Crippen molar-refractivity contribution in [1.29, 1.82) is 0 Å². The number of benzene rings is 2. The van der Waals surface area contributed by atoms with Crippen molar-refractivity contribution in [1.82, 2.24) is 0 Å². The first-order chi connectivity index (χ1) is 12.3. The van der Waals surface area contributed by atoms with Gasteiger partial charge in [-0.25, -0.2) is 0 Å². The Kier molecular flexibility index (Phi) is 6.96. The van der Waals surface area contributed by atoms with Gasteiger partial charge in [-0.1, -0.05) is 88.4 Å². The lowest BCUT2D eigenvalue weighted by atomic mass is 10.0. The maximum atomic E-state index is 10.9. The molecule has 2 rings (SSSR count). The summed E-state index contributed by atoms with van der Waals surface area (Å²) in [6, 6.07) is 21.4. The maximum Gasteiger partial charge on any atom is 0.261 e. The fourth-order valence-electron chi connectivity index (χ4n) is 3.87. The normalized spacial score (nSPS) is 14.7. The summed E-state index contributed by atoms with van der Waals surface area (Å²) in [5.41, 5.74) is 0. The van der Waals surface area contributed by atoms with Crippen LogP contribution in [0.25, 0.3) is 0 Å². The molecule has 0 bridgehead atoms. The highest BCUT2D eigenvalue weighted by Crippen LogP contribution is 2.38. The molecule has 0 unspecified atom stereocenters. The van der Waals surface area contributed by atoms with E-state index in [-0.39, 0.29) is 11.1 Å². The van der Waals surface area contributed by atoms with Crippen LogP contribution in [0.1, 0.15) is 47.5 Å². The average Bonchev–Trinajstić information content (AvgIpc) is 2.60. The van der Waals surface area contributed by atoms with E-state index >= 15 is 0 Å². The van der Waals surface area contributed by atoms with Crippen molar-refractivity contribution in [2.24, 2.45) is 5.92 Å². The Labute approximate surface area is 159 Å². The number of carbonyl (C=O) groups is 1. The fourth-order valence-corrected chi connectivity index (χ4v) is 8.58. The minimum absolute atomic E-state index is 0.0160. The van der Waals surface area contributed by atoms with Gasteiger partial charge in [0.15, 0.2) is 0 Å². The van der Waals surface area contributed by atoms with Crippen LogP contribution in [0.15, 0.2) is 60.7 Å². The van der Waals surface area contributed by atoms with E-state index in [0.29, 0.717) is 12.3 Å². The fraction of sp³-hybridized carbons (Fsp3) is 0.435. The van der Waals surface area contributed by atoms with Gasteiger partial charge in [0.2, 0.25) is 0 Å². The van der Waals surface area contributed by atoms with Crippen molar-refractivity contribution in [3.05, 3.63) is 60.7 Å². The summed E-state index contributed by atoms with van der Waals surface area (Å²) >= 11 is 0. The van der Waals surface area contributed by atoms with Gasteiger partial charge >= 0.3 is 0 Å². The summed E-state index contributed by atoms with van der Waals surface area (Å²) in [7, 11) is -2.49. The van der Waals surface area contributed by atoms with E-state index in [0.717, 1.165) is 12.7 Å². The predicted molar refractivity (Wildman–Crippen MR) is 113 cm³/mol. The highest BCUT2D eigenvalue weighted by molar-refractivity contribution is 6.99. The van der Waals surface area contributed by atoms with Crippen LogP contribution in [0.3, 0.4) is 0 Å². The van der Waals surface area contributed by atoms with Crippen LogP contribution in [-0.4, -0.2) is 20.7 Å². The van der Waals surface area contributed by atoms with E-state index < -0.39 is 8.32 Å². The van der Waals surface area contributed by atoms with Crippen LogP contribution in [0.4, 0.5) is 0 Å². The number of hydrogen-bond donors (Lipinski definition) is 0. The van der Waals surface area contributed by atoms with Gasteiger partial charge in [0.1, 0.15) is 6.29 Å². The lowest BCUT2D eigenvalue weighted by Gasteiger charge is -2.45. The molecule has 0 spiro atoms. The van der Waals surface area contributed by atoms with Crippen molar-refractivity contribution in [2.45, 2.75) is 58.6 Å². The van der Waals surface area contributed by atoms with E-state index in [2.05, 4.69) is 95.3 Å². The van der Waals surface area contributed by atoms with Crippen molar-refractivity contribution in [2.75, 3.05) is 0 Å². The molecule has 0 aliphatic carbocycles.